The van der Waals surface area contributed by atoms with Gasteiger partial charge in [0.2, 0.25) is 0 Å². The average Bonchev–Trinajstić information content (AvgIpc) is 3.45. The van der Waals surface area contributed by atoms with Gasteiger partial charge in [0.25, 0.3) is 5.78 Å². The molecule has 8 nitrogen and oxygen atoms in total. The molecule has 1 aliphatic rings. The Morgan fingerprint density at radius 2 is 1.73 bits per heavy atom. The maximum atomic E-state index is 13.5. The van der Waals surface area contributed by atoms with Crippen LogP contribution >= 0.6 is 11.3 Å². The summed E-state index contributed by atoms with van der Waals surface area (Å²) in [5, 5.41) is 11.7. The number of ketones is 1. The first kappa shape index (κ1) is 24.3. The Kier molecular flexibility index (Phi) is 6.31. The van der Waals surface area contributed by atoms with Crippen LogP contribution in [-0.4, -0.2) is 43.1 Å². The number of ether oxygens (including phenoxy) is 3. The number of fused-ring (bicyclic) bond motifs is 1. The van der Waals surface area contributed by atoms with E-state index in [1.54, 1.807) is 42.5 Å². The summed E-state index contributed by atoms with van der Waals surface area (Å²) >= 11 is 1.30. The lowest BCUT2D eigenvalue weighted by Gasteiger charge is -2.25. The summed E-state index contributed by atoms with van der Waals surface area (Å²) in [6, 6.07) is 16.6. The minimum absolute atomic E-state index is 0.0721. The number of carbonyl (C=O) groups excluding carboxylic acids is 2. The molecule has 1 amide bonds. The molecular weight excluding hydrogens is 492 g/mol. The number of benzene rings is 3. The van der Waals surface area contributed by atoms with E-state index in [9.17, 15) is 14.7 Å². The maximum Gasteiger partial charge on any atom is 0.301 e. The molecule has 1 atom stereocenters. The highest BCUT2D eigenvalue weighted by molar-refractivity contribution is 7.22. The van der Waals surface area contributed by atoms with Gasteiger partial charge in [0.15, 0.2) is 16.6 Å². The van der Waals surface area contributed by atoms with E-state index < -0.39 is 17.7 Å². The molecule has 0 aliphatic carbocycles. The molecule has 188 valence electrons. The lowest BCUT2D eigenvalue weighted by Crippen LogP contribution is -2.29. The number of hydrogen-bond acceptors (Lipinski definition) is 8. The number of Topliss-reactive ketones (excluding diaryl/α,β-unsaturated/α-hetero) is 1. The molecule has 1 aromatic heterocycles. The third kappa shape index (κ3) is 4.07. The van der Waals surface area contributed by atoms with Gasteiger partial charge in [-0.2, -0.15) is 0 Å². The van der Waals surface area contributed by atoms with E-state index in [1.165, 1.54) is 37.6 Å². The Bertz CT molecular complexity index is 1560. The van der Waals surface area contributed by atoms with Crippen LogP contribution in [0.1, 0.15) is 22.7 Å². The minimum atomic E-state index is -1.01. The normalized spacial score (nSPS) is 16.9. The molecule has 2 heterocycles. The first-order valence-electron chi connectivity index (χ1n) is 11.4. The number of amides is 1. The summed E-state index contributed by atoms with van der Waals surface area (Å²) in [5.74, 6) is -0.558. The molecule has 1 saturated heterocycles. The molecule has 5 rings (SSSR count). The van der Waals surface area contributed by atoms with E-state index in [0.29, 0.717) is 39.0 Å². The number of methoxy groups -OCH3 is 3. The SMILES string of the molecule is COc1ccc(C(O)=C2C(=O)C(=O)N(c3nc4ccc(C)cc4s3)C2c2cccc(OC)c2OC)cc1. The fourth-order valence-corrected chi connectivity index (χ4v) is 5.57. The zero-order valence-corrected chi connectivity index (χ0v) is 21.5. The second-order valence-corrected chi connectivity index (χ2v) is 9.46. The van der Waals surface area contributed by atoms with Crippen molar-refractivity contribution in [2.45, 2.75) is 13.0 Å². The number of nitrogens with zero attached hydrogens (tertiary/aromatic N) is 2. The number of anilines is 1. The first-order chi connectivity index (χ1) is 17.9. The van der Waals surface area contributed by atoms with Gasteiger partial charge in [-0.25, -0.2) is 4.98 Å². The highest BCUT2D eigenvalue weighted by Crippen LogP contribution is 2.48. The molecule has 4 aromatic rings. The van der Waals surface area contributed by atoms with Gasteiger partial charge in [-0.1, -0.05) is 29.5 Å². The van der Waals surface area contributed by atoms with Crippen LogP contribution in [0, 0.1) is 6.92 Å². The molecule has 1 unspecified atom stereocenters. The Hall–Kier alpha value is -4.37. The van der Waals surface area contributed by atoms with Gasteiger partial charge in [-0.05, 0) is 55.0 Å². The van der Waals surface area contributed by atoms with Gasteiger partial charge < -0.3 is 19.3 Å². The van der Waals surface area contributed by atoms with Gasteiger partial charge in [0, 0.05) is 11.1 Å². The number of para-hydroxylation sites is 1. The summed E-state index contributed by atoms with van der Waals surface area (Å²) in [6.45, 7) is 1.97. The van der Waals surface area contributed by atoms with Crippen LogP contribution < -0.4 is 19.1 Å². The molecule has 9 heteroatoms. The number of aliphatic hydroxyl groups excluding tert-OH is 1. The van der Waals surface area contributed by atoms with Crippen molar-refractivity contribution in [3.63, 3.8) is 0 Å². The summed E-state index contributed by atoms with van der Waals surface area (Å²) in [6.07, 6.45) is 0. The number of aliphatic hydroxyl groups is 1. The van der Waals surface area contributed by atoms with Crippen molar-refractivity contribution < 1.29 is 28.9 Å². The van der Waals surface area contributed by atoms with Crippen LogP contribution in [0.5, 0.6) is 17.2 Å². The van der Waals surface area contributed by atoms with E-state index in [-0.39, 0.29) is 11.3 Å². The fourth-order valence-electron chi connectivity index (χ4n) is 4.48. The van der Waals surface area contributed by atoms with E-state index in [1.807, 2.05) is 25.1 Å². The standard InChI is InChI=1S/C28H24N2O6S/c1-15-8-13-19-21(14-15)37-28(29-19)30-23(18-6-5-7-20(35-3)26(18)36-4)22(25(32)27(30)33)24(31)16-9-11-17(34-2)12-10-16/h5-14,23,31H,1-4H3. The van der Waals surface area contributed by atoms with Gasteiger partial charge in [-0.15, -0.1) is 0 Å². The molecule has 3 aromatic carbocycles. The number of thiazole rings is 1. The molecular formula is C28H24N2O6S. The fraction of sp³-hybridized carbons (Fsp3) is 0.179. The van der Waals surface area contributed by atoms with Crippen molar-refractivity contribution >= 4 is 44.1 Å². The number of carbonyl (C=O) groups is 2. The quantitative estimate of drug-likeness (QED) is 0.212. The zero-order chi connectivity index (χ0) is 26.3. The maximum absolute atomic E-state index is 13.5. The molecule has 1 N–H and O–H groups in total. The van der Waals surface area contributed by atoms with Crippen LogP contribution in [0.25, 0.3) is 16.0 Å². The van der Waals surface area contributed by atoms with Crippen molar-refractivity contribution in [2.75, 3.05) is 26.2 Å². The summed E-state index contributed by atoms with van der Waals surface area (Å²) in [5.41, 5.74) is 2.53. The molecule has 0 saturated carbocycles. The lowest BCUT2D eigenvalue weighted by atomic mass is 9.94. The second-order valence-electron chi connectivity index (χ2n) is 8.45. The first-order valence-corrected chi connectivity index (χ1v) is 12.2. The average molecular weight is 517 g/mol. The van der Waals surface area contributed by atoms with E-state index in [2.05, 4.69) is 4.98 Å². The molecule has 37 heavy (non-hydrogen) atoms. The highest BCUT2D eigenvalue weighted by atomic mass is 32.1. The molecule has 0 radical (unpaired) electrons. The Labute approximate surface area is 217 Å². The molecule has 0 bridgehead atoms. The zero-order valence-electron chi connectivity index (χ0n) is 20.6. The third-order valence-corrected chi connectivity index (χ3v) is 7.29. The van der Waals surface area contributed by atoms with Crippen LogP contribution in [0.4, 0.5) is 5.13 Å². The Morgan fingerprint density at radius 1 is 0.973 bits per heavy atom. The van der Waals surface area contributed by atoms with Gasteiger partial charge in [0.1, 0.15) is 17.6 Å². The van der Waals surface area contributed by atoms with Gasteiger partial charge in [0.05, 0.1) is 37.1 Å². The van der Waals surface area contributed by atoms with E-state index in [4.69, 9.17) is 14.2 Å². The van der Waals surface area contributed by atoms with Gasteiger partial charge in [-0.3, -0.25) is 14.5 Å². The number of aromatic nitrogens is 1. The van der Waals surface area contributed by atoms with E-state index >= 15 is 0 Å². The topological polar surface area (TPSA) is 98.2 Å². The number of aryl methyl sites for hydroxylation is 1. The molecule has 1 fully saturated rings. The Morgan fingerprint density at radius 3 is 2.41 bits per heavy atom. The van der Waals surface area contributed by atoms with Crippen molar-refractivity contribution in [2.24, 2.45) is 0 Å². The molecule has 0 spiro atoms. The lowest BCUT2D eigenvalue weighted by molar-refractivity contribution is -0.132. The predicted octanol–water partition coefficient (Wildman–Crippen LogP) is 5.26. The smallest absolute Gasteiger partial charge is 0.301 e. The minimum Gasteiger partial charge on any atom is -0.507 e. The Balaban J connectivity index is 1.77. The van der Waals surface area contributed by atoms with Gasteiger partial charge >= 0.3 is 5.91 Å². The number of hydrogen-bond donors (Lipinski definition) is 1. The van der Waals surface area contributed by atoms with Crippen molar-refractivity contribution in [1.29, 1.82) is 0 Å². The highest BCUT2D eigenvalue weighted by Gasteiger charge is 2.49. The molecule has 1 aliphatic heterocycles. The van der Waals surface area contributed by atoms with Crippen LogP contribution in [-0.2, 0) is 9.59 Å². The number of rotatable bonds is 6. The summed E-state index contributed by atoms with van der Waals surface area (Å²) < 4.78 is 17.2. The second kappa shape index (κ2) is 9.59. The predicted molar refractivity (Wildman–Crippen MR) is 142 cm³/mol. The van der Waals surface area contributed by atoms with Crippen molar-refractivity contribution in [3.05, 3.63) is 82.9 Å². The van der Waals surface area contributed by atoms with Crippen LogP contribution in [0.3, 0.4) is 0 Å². The van der Waals surface area contributed by atoms with Crippen molar-refractivity contribution in [1.82, 2.24) is 4.98 Å². The third-order valence-electron chi connectivity index (χ3n) is 6.27. The summed E-state index contributed by atoms with van der Waals surface area (Å²) in [7, 11) is 4.53. The summed E-state index contributed by atoms with van der Waals surface area (Å²) in [4.78, 5) is 33.0. The monoisotopic (exact) mass is 516 g/mol. The van der Waals surface area contributed by atoms with E-state index in [0.717, 1.165) is 10.3 Å². The van der Waals surface area contributed by atoms with Crippen LogP contribution in [0.2, 0.25) is 0 Å². The van der Waals surface area contributed by atoms with Crippen LogP contribution in [0.15, 0.2) is 66.2 Å². The largest absolute Gasteiger partial charge is 0.507 e. The van der Waals surface area contributed by atoms with Crippen molar-refractivity contribution in [3.8, 4) is 17.2 Å².